The van der Waals surface area contributed by atoms with Crippen LogP contribution >= 0.6 is 31.9 Å². The smallest absolute Gasteiger partial charge is 0.131 e. The molecule has 1 nitrogen and oxygen atoms in total. The molecule has 13 heavy (non-hydrogen) atoms. The summed E-state index contributed by atoms with van der Waals surface area (Å²) in [6.07, 6.45) is 0.291. The SMILES string of the molecule is C=CC(O)c1c(F)cc(Br)cc1Br. The predicted octanol–water partition coefficient (Wildman–Crippen LogP) is 3.57. The van der Waals surface area contributed by atoms with Crippen LogP contribution < -0.4 is 0 Å². The van der Waals surface area contributed by atoms with Crippen LogP contribution in [0.3, 0.4) is 0 Å². The summed E-state index contributed by atoms with van der Waals surface area (Å²) in [6, 6.07) is 2.97. The lowest BCUT2D eigenvalue weighted by Crippen LogP contribution is -1.98. The molecule has 0 saturated heterocycles. The molecule has 0 heterocycles. The Hall–Kier alpha value is -0.190. The molecular formula is C9H7Br2FO. The standard InChI is InChI=1S/C9H7Br2FO/c1-2-8(13)9-6(11)3-5(10)4-7(9)12/h2-4,8,13H,1H2. The molecule has 1 rings (SSSR count). The Morgan fingerprint density at radius 3 is 2.54 bits per heavy atom. The van der Waals surface area contributed by atoms with Crippen molar-refractivity contribution in [1.82, 2.24) is 0 Å². The average Bonchev–Trinajstić information content (AvgIpc) is 2.02. The summed E-state index contributed by atoms with van der Waals surface area (Å²) in [5.41, 5.74) is 0.207. The van der Waals surface area contributed by atoms with Gasteiger partial charge in [-0.25, -0.2) is 4.39 Å². The molecule has 0 amide bonds. The lowest BCUT2D eigenvalue weighted by Gasteiger charge is -2.09. The lowest BCUT2D eigenvalue weighted by atomic mass is 10.1. The van der Waals surface area contributed by atoms with Crippen molar-refractivity contribution in [3.8, 4) is 0 Å². The van der Waals surface area contributed by atoms with Gasteiger partial charge in [0.05, 0.1) is 0 Å². The third kappa shape index (κ3) is 2.39. The Morgan fingerprint density at radius 1 is 1.46 bits per heavy atom. The fourth-order valence-electron chi connectivity index (χ4n) is 0.954. The Kier molecular flexibility index (Phi) is 3.64. The second kappa shape index (κ2) is 4.35. The van der Waals surface area contributed by atoms with Crippen LogP contribution in [0, 0.1) is 5.82 Å². The molecule has 0 spiro atoms. The number of hydrogen-bond donors (Lipinski definition) is 1. The maximum absolute atomic E-state index is 13.3. The molecule has 1 N–H and O–H groups in total. The minimum Gasteiger partial charge on any atom is -0.384 e. The van der Waals surface area contributed by atoms with E-state index in [1.165, 1.54) is 12.1 Å². The first kappa shape index (κ1) is 10.9. The predicted molar refractivity (Wildman–Crippen MR) is 57.0 cm³/mol. The van der Waals surface area contributed by atoms with E-state index in [0.29, 0.717) is 8.95 Å². The third-order valence-electron chi connectivity index (χ3n) is 1.56. The molecule has 0 aliphatic carbocycles. The van der Waals surface area contributed by atoms with E-state index >= 15 is 0 Å². The highest BCUT2D eigenvalue weighted by Gasteiger charge is 2.14. The highest BCUT2D eigenvalue weighted by molar-refractivity contribution is 9.11. The zero-order valence-electron chi connectivity index (χ0n) is 6.60. The third-order valence-corrected chi connectivity index (χ3v) is 2.68. The number of aliphatic hydroxyl groups excluding tert-OH is 1. The molecule has 4 heteroatoms. The largest absolute Gasteiger partial charge is 0.384 e. The molecule has 1 atom stereocenters. The van der Waals surface area contributed by atoms with Crippen molar-refractivity contribution in [3.05, 3.63) is 45.1 Å². The first-order valence-electron chi connectivity index (χ1n) is 3.51. The molecule has 0 saturated carbocycles. The summed E-state index contributed by atoms with van der Waals surface area (Å²) in [5, 5.41) is 9.38. The summed E-state index contributed by atoms with van der Waals surface area (Å²) in [7, 11) is 0. The molecular weight excluding hydrogens is 303 g/mol. The second-order valence-electron chi connectivity index (χ2n) is 2.46. The van der Waals surface area contributed by atoms with Crippen molar-refractivity contribution >= 4 is 31.9 Å². The van der Waals surface area contributed by atoms with Gasteiger partial charge in [0.15, 0.2) is 0 Å². The summed E-state index contributed by atoms with van der Waals surface area (Å²) < 4.78 is 14.4. The van der Waals surface area contributed by atoms with Gasteiger partial charge in [-0.15, -0.1) is 6.58 Å². The lowest BCUT2D eigenvalue weighted by molar-refractivity contribution is 0.222. The van der Waals surface area contributed by atoms with Crippen molar-refractivity contribution in [2.24, 2.45) is 0 Å². The normalized spacial score (nSPS) is 12.6. The van der Waals surface area contributed by atoms with Gasteiger partial charge in [0, 0.05) is 14.5 Å². The maximum atomic E-state index is 13.3. The van der Waals surface area contributed by atoms with Gasteiger partial charge < -0.3 is 5.11 Å². The van der Waals surface area contributed by atoms with Gasteiger partial charge in [0.2, 0.25) is 0 Å². The molecule has 0 radical (unpaired) electrons. The van der Waals surface area contributed by atoms with Crippen molar-refractivity contribution < 1.29 is 9.50 Å². The van der Waals surface area contributed by atoms with Crippen LogP contribution in [-0.4, -0.2) is 5.11 Å². The number of halogens is 3. The van der Waals surface area contributed by atoms with Gasteiger partial charge in [-0.1, -0.05) is 37.9 Å². The number of rotatable bonds is 2. The van der Waals surface area contributed by atoms with Crippen LogP contribution in [0.1, 0.15) is 11.7 Å². The fraction of sp³-hybridized carbons (Fsp3) is 0.111. The van der Waals surface area contributed by atoms with E-state index in [1.807, 2.05) is 0 Å². The number of aliphatic hydroxyl groups is 1. The summed E-state index contributed by atoms with van der Waals surface area (Å²) >= 11 is 6.30. The first-order valence-corrected chi connectivity index (χ1v) is 5.10. The molecule has 0 aliphatic heterocycles. The zero-order chi connectivity index (χ0) is 10.0. The van der Waals surface area contributed by atoms with Crippen molar-refractivity contribution in [2.45, 2.75) is 6.10 Å². The monoisotopic (exact) mass is 308 g/mol. The van der Waals surface area contributed by atoms with Crippen molar-refractivity contribution in [3.63, 3.8) is 0 Å². The Bertz CT molecular complexity index is 315. The van der Waals surface area contributed by atoms with E-state index in [9.17, 15) is 9.50 Å². The average molecular weight is 310 g/mol. The topological polar surface area (TPSA) is 20.2 Å². The van der Waals surface area contributed by atoms with E-state index in [-0.39, 0.29) is 5.56 Å². The van der Waals surface area contributed by atoms with Crippen LogP contribution in [0.25, 0.3) is 0 Å². The van der Waals surface area contributed by atoms with Crippen molar-refractivity contribution in [1.29, 1.82) is 0 Å². The molecule has 0 bridgehead atoms. The minimum absolute atomic E-state index is 0.207. The fourth-order valence-corrected chi connectivity index (χ4v) is 2.36. The van der Waals surface area contributed by atoms with E-state index in [4.69, 9.17) is 0 Å². The van der Waals surface area contributed by atoms with Crippen LogP contribution in [0.4, 0.5) is 4.39 Å². The second-order valence-corrected chi connectivity index (χ2v) is 4.23. The number of benzene rings is 1. The van der Waals surface area contributed by atoms with Gasteiger partial charge in [-0.3, -0.25) is 0 Å². The van der Waals surface area contributed by atoms with Gasteiger partial charge in [-0.05, 0) is 12.1 Å². The van der Waals surface area contributed by atoms with Crippen molar-refractivity contribution in [2.75, 3.05) is 0 Å². The quantitative estimate of drug-likeness (QED) is 0.828. The molecule has 1 unspecified atom stereocenters. The molecule has 70 valence electrons. The van der Waals surface area contributed by atoms with Gasteiger partial charge >= 0.3 is 0 Å². The minimum atomic E-state index is -0.984. The van der Waals surface area contributed by atoms with Crippen LogP contribution in [0.2, 0.25) is 0 Å². The zero-order valence-corrected chi connectivity index (χ0v) is 9.77. The van der Waals surface area contributed by atoms with E-state index < -0.39 is 11.9 Å². The summed E-state index contributed by atoms with van der Waals surface area (Å²) in [4.78, 5) is 0. The van der Waals surface area contributed by atoms with Crippen LogP contribution in [-0.2, 0) is 0 Å². The summed E-state index contributed by atoms with van der Waals surface area (Å²) in [5.74, 6) is -0.464. The molecule has 0 aliphatic rings. The van der Waals surface area contributed by atoms with Crippen LogP contribution in [0.15, 0.2) is 33.7 Å². The molecule has 1 aromatic carbocycles. The van der Waals surface area contributed by atoms with E-state index in [1.54, 1.807) is 6.07 Å². The molecule has 0 aromatic heterocycles. The van der Waals surface area contributed by atoms with E-state index in [0.717, 1.165) is 0 Å². The number of hydrogen-bond acceptors (Lipinski definition) is 1. The van der Waals surface area contributed by atoms with E-state index in [2.05, 4.69) is 38.4 Å². The Labute approximate surface area is 92.5 Å². The Balaban J connectivity index is 3.28. The highest BCUT2D eigenvalue weighted by atomic mass is 79.9. The Morgan fingerprint density at radius 2 is 2.08 bits per heavy atom. The molecule has 1 aromatic rings. The van der Waals surface area contributed by atoms with Crippen LogP contribution in [0.5, 0.6) is 0 Å². The maximum Gasteiger partial charge on any atom is 0.131 e. The molecule has 0 fully saturated rings. The van der Waals surface area contributed by atoms with Gasteiger partial charge in [0.1, 0.15) is 11.9 Å². The van der Waals surface area contributed by atoms with Gasteiger partial charge in [0.25, 0.3) is 0 Å². The summed E-state index contributed by atoms with van der Waals surface area (Å²) in [6.45, 7) is 3.39. The highest BCUT2D eigenvalue weighted by Crippen LogP contribution is 2.30. The first-order chi connectivity index (χ1) is 6.06. The van der Waals surface area contributed by atoms with Gasteiger partial charge in [-0.2, -0.15) is 0 Å².